The number of carbonyl (C=O) groups excluding carboxylic acids is 2. The molecule has 0 bridgehead atoms. The van der Waals surface area contributed by atoms with Crippen LogP contribution in [0.2, 0.25) is 0 Å². The fourth-order valence-corrected chi connectivity index (χ4v) is 2.77. The van der Waals surface area contributed by atoms with E-state index >= 15 is 0 Å². The van der Waals surface area contributed by atoms with Crippen LogP contribution in [-0.2, 0) is 11.2 Å². The van der Waals surface area contributed by atoms with Crippen LogP contribution in [-0.4, -0.2) is 53.1 Å². The molecule has 6 heteroatoms. The molecular weight excluding hydrogens is 318 g/mol. The topological polar surface area (TPSA) is 73.6 Å². The van der Waals surface area contributed by atoms with Crippen molar-refractivity contribution in [2.45, 2.75) is 45.8 Å². The van der Waals surface area contributed by atoms with Crippen LogP contribution in [0.1, 0.15) is 43.6 Å². The Hall–Kier alpha value is -2.55. The first kappa shape index (κ1) is 18.8. The minimum Gasteiger partial charge on any atom is -0.444 e. The quantitative estimate of drug-likeness (QED) is 0.827. The molecule has 1 atom stereocenters. The van der Waals surface area contributed by atoms with E-state index in [-0.39, 0.29) is 18.0 Å². The fraction of sp³-hybridized carbons (Fsp3) is 0.526. The van der Waals surface area contributed by atoms with Crippen molar-refractivity contribution in [3.05, 3.63) is 35.4 Å². The average molecular weight is 343 g/mol. The maximum Gasteiger partial charge on any atom is 0.410 e. The lowest BCUT2D eigenvalue weighted by molar-refractivity contribution is 0.00198. The van der Waals surface area contributed by atoms with Gasteiger partial charge in [0.1, 0.15) is 5.60 Å². The van der Waals surface area contributed by atoms with Gasteiger partial charge in [-0.25, -0.2) is 4.79 Å². The van der Waals surface area contributed by atoms with E-state index in [9.17, 15) is 9.59 Å². The van der Waals surface area contributed by atoms with Crippen LogP contribution < -0.4 is 0 Å². The maximum absolute atomic E-state index is 12.6. The number of amides is 2. The third-order valence-electron chi connectivity index (χ3n) is 4.03. The Kier molecular flexibility index (Phi) is 5.68. The number of hydrogen-bond acceptors (Lipinski definition) is 4. The molecule has 2 amide bonds. The first-order valence-electron chi connectivity index (χ1n) is 8.46. The zero-order valence-corrected chi connectivity index (χ0v) is 15.3. The molecule has 6 nitrogen and oxygen atoms in total. The van der Waals surface area contributed by atoms with Crippen LogP contribution in [0.4, 0.5) is 4.79 Å². The molecule has 0 saturated carbocycles. The molecule has 0 aromatic heterocycles. The summed E-state index contributed by atoms with van der Waals surface area (Å²) in [6.45, 7) is 8.83. The first-order valence-corrected chi connectivity index (χ1v) is 8.46. The smallest absolute Gasteiger partial charge is 0.410 e. The van der Waals surface area contributed by atoms with Gasteiger partial charge in [-0.05, 0) is 45.4 Å². The second-order valence-electron chi connectivity index (χ2n) is 7.31. The van der Waals surface area contributed by atoms with Gasteiger partial charge in [0.2, 0.25) is 0 Å². The van der Waals surface area contributed by atoms with Gasteiger partial charge in [0.25, 0.3) is 5.91 Å². The van der Waals surface area contributed by atoms with Crippen LogP contribution in [0, 0.1) is 11.3 Å². The van der Waals surface area contributed by atoms with E-state index in [1.807, 2.05) is 27.7 Å². The Morgan fingerprint density at radius 3 is 2.40 bits per heavy atom. The third kappa shape index (κ3) is 4.96. The summed E-state index contributed by atoms with van der Waals surface area (Å²) in [7, 11) is 0. The highest BCUT2D eigenvalue weighted by Gasteiger charge is 2.32. The van der Waals surface area contributed by atoms with Gasteiger partial charge in [-0.1, -0.05) is 12.1 Å². The van der Waals surface area contributed by atoms with Crippen molar-refractivity contribution in [1.29, 1.82) is 5.26 Å². The lowest BCUT2D eigenvalue weighted by Gasteiger charge is -2.40. The van der Waals surface area contributed by atoms with Gasteiger partial charge in [-0.3, -0.25) is 4.79 Å². The maximum atomic E-state index is 12.6. The third-order valence-corrected chi connectivity index (χ3v) is 4.03. The SMILES string of the molecule is CC1CN(C(=O)c2ccc(CC#N)cc2)CCN1C(=O)OC(C)(C)C. The number of carbonyl (C=O) groups is 2. The molecule has 1 aromatic carbocycles. The minimum atomic E-state index is -0.533. The Morgan fingerprint density at radius 1 is 1.24 bits per heavy atom. The van der Waals surface area contributed by atoms with Crippen molar-refractivity contribution in [2.75, 3.05) is 19.6 Å². The van der Waals surface area contributed by atoms with Gasteiger partial charge in [0.05, 0.1) is 12.5 Å². The second kappa shape index (κ2) is 7.56. The molecule has 1 unspecified atom stereocenters. The molecule has 1 aromatic rings. The molecule has 1 fully saturated rings. The Labute approximate surface area is 149 Å². The zero-order valence-electron chi connectivity index (χ0n) is 15.3. The lowest BCUT2D eigenvalue weighted by Crippen LogP contribution is -2.56. The molecule has 0 N–H and O–H groups in total. The summed E-state index contributed by atoms with van der Waals surface area (Å²) in [4.78, 5) is 28.3. The number of rotatable bonds is 2. The molecule has 1 aliphatic heterocycles. The summed E-state index contributed by atoms with van der Waals surface area (Å²) in [6.07, 6.45) is -0.00646. The molecule has 0 aliphatic carbocycles. The van der Waals surface area contributed by atoms with Gasteiger partial charge in [0.15, 0.2) is 0 Å². The van der Waals surface area contributed by atoms with Crippen molar-refractivity contribution < 1.29 is 14.3 Å². The van der Waals surface area contributed by atoms with Gasteiger partial charge in [0, 0.05) is 31.2 Å². The summed E-state index contributed by atoms with van der Waals surface area (Å²) in [5, 5.41) is 8.70. The Balaban J connectivity index is 1.99. The highest BCUT2D eigenvalue weighted by atomic mass is 16.6. The van der Waals surface area contributed by atoms with Crippen molar-refractivity contribution >= 4 is 12.0 Å². The molecule has 1 heterocycles. The molecule has 0 spiro atoms. The van der Waals surface area contributed by atoms with Crippen LogP contribution >= 0.6 is 0 Å². The molecular formula is C19H25N3O3. The van der Waals surface area contributed by atoms with E-state index in [0.29, 0.717) is 31.6 Å². The molecule has 1 aliphatic rings. The number of ether oxygens (including phenoxy) is 1. The summed E-state index contributed by atoms with van der Waals surface area (Å²) in [5.41, 5.74) is 0.955. The number of benzene rings is 1. The van der Waals surface area contributed by atoms with Crippen molar-refractivity contribution in [3.8, 4) is 6.07 Å². The van der Waals surface area contributed by atoms with Gasteiger partial charge < -0.3 is 14.5 Å². The lowest BCUT2D eigenvalue weighted by atomic mass is 10.1. The largest absolute Gasteiger partial charge is 0.444 e. The van der Waals surface area contributed by atoms with E-state index in [2.05, 4.69) is 6.07 Å². The molecule has 0 radical (unpaired) electrons. The van der Waals surface area contributed by atoms with Gasteiger partial charge in [-0.2, -0.15) is 5.26 Å². The van der Waals surface area contributed by atoms with Crippen molar-refractivity contribution in [2.24, 2.45) is 0 Å². The Bertz CT molecular complexity index is 671. The highest BCUT2D eigenvalue weighted by molar-refractivity contribution is 5.94. The monoisotopic (exact) mass is 343 g/mol. The minimum absolute atomic E-state index is 0.0563. The summed E-state index contributed by atoms with van der Waals surface area (Å²) < 4.78 is 5.42. The van der Waals surface area contributed by atoms with E-state index in [1.54, 1.807) is 34.1 Å². The molecule has 134 valence electrons. The molecule has 2 rings (SSSR count). The predicted molar refractivity (Wildman–Crippen MR) is 94.1 cm³/mol. The van der Waals surface area contributed by atoms with Crippen LogP contribution in [0.5, 0.6) is 0 Å². The van der Waals surface area contributed by atoms with E-state index < -0.39 is 5.60 Å². The summed E-state index contributed by atoms with van der Waals surface area (Å²) in [6, 6.07) is 9.09. The highest BCUT2D eigenvalue weighted by Crippen LogP contribution is 2.17. The van der Waals surface area contributed by atoms with Gasteiger partial charge >= 0.3 is 6.09 Å². The molecule has 1 saturated heterocycles. The fourth-order valence-electron chi connectivity index (χ4n) is 2.77. The van der Waals surface area contributed by atoms with Crippen LogP contribution in [0.25, 0.3) is 0 Å². The number of nitriles is 1. The summed E-state index contributed by atoms with van der Waals surface area (Å²) in [5.74, 6) is -0.0563. The van der Waals surface area contributed by atoms with Crippen LogP contribution in [0.3, 0.4) is 0 Å². The summed E-state index contributed by atoms with van der Waals surface area (Å²) >= 11 is 0. The average Bonchev–Trinajstić information content (AvgIpc) is 2.53. The number of piperazine rings is 1. The van der Waals surface area contributed by atoms with Crippen molar-refractivity contribution in [3.63, 3.8) is 0 Å². The number of hydrogen-bond donors (Lipinski definition) is 0. The van der Waals surface area contributed by atoms with Crippen molar-refractivity contribution in [1.82, 2.24) is 9.80 Å². The Morgan fingerprint density at radius 2 is 1.88 bits per heavy atom. The standard InChI is InChI=1S/C19H25N3O3/c1-14-13-21(11-12-22(14)18(24)25-19(2,3)4)17(23)16-7-5-15(6-8-16)9-10-20/h5-8,14H,9,11-13H2,1-4H3. The number of nitrogens with zero attached hydrogens (tertiary/aromatic N) is 3. The predicted octanol–water partition coefficient (Wildman–Crippen LogP) is 2.83. The van der Waals surface area contributed by atoms with Gasteiger partial charge in [-0.15, -0.1) is 0 Å². The normalized spacial score (nSPS) is 17.8. The van der Waals surface area contributed by atoms with E-state index in [4.69, 9.17) is 10.00 Å². The van der Waals surface area contributed by atoms with Crippen LogP contribution in [0.15, 0.2) is 24.3 Å². The van der Waals surface area contributed by atoms with E-state index in [1.165, 1.54) is 0 Å². The zero-order chi connectivity index (χ0) is 18.6. The first-order chi connectivity index (χ1) is 11.7. The van der Waals surface area contributed by atoms with E-state index in [0.717, 1.165) is 5.56 Å². The second-order valence-corrected chi connectivity index (χ2v) is 7.31. The molecule has 25 heavy (non-hydrogen) atoms.